The Kier molecular flexibility index (Phi) is 5.70. The van der Waals surface area contributed by atoms with E-state index in [9.17, 15) is 23.1 Å². The maximum absolute atomic E-state index is 12.1. The number of likely N-dealkylation sites (tertiary alicyclic amines) is 1. The first-order valence-corrected chi connectivity index (χ1v) is 8.26. The Hall–Kier alpha value is -2.03. The van der Waals surface area contributed by atoms with E-state index >= 15 is 0 Å². The van der Waals surface area contributed by atoms with Gasteiger partial charge in [-0.1, -0.05) is 0 Å². The van der Waals surface area contributed by atoms with Crippen LogP contribution in [0.3, 0.4) is 0 Å². The third-order valence-electron chi connectivity index (χ3n) is 3.89. The highest BCUT2D eigenvalue weighted by Gasteiger charge is 2.36. The van der Waals surface area contributed by atoms with E-state index < -0.39 is 29.4 Å². The largest absolute Gasteiger partial charge is 0.573 e. The molecule has 146 valence electrons. The fourth-order valence-corrected chi connectivity index (χ4v) is 2.66. The molecule has 1 aliphatic rings. The van der Waals surface area contributed by atoms with Crippen LogP contribution in [-0.4, -0.2) is 51.7 Å². The first kappa shape index (κ1) is 20.3. The number of aromatic nitrogens is 1. The number of carbonyl (C=O) groups excluding carboxylic acids is 1. The minimum Gasteiger partial charge on any atom is -0.444 e. The Labute approximate surface area is 149 Å². The second kappa shape index (κ2) is 7.30. The van der Waals surface area contributed by atoms with E-state index in [0.717, 1.165) is 12.3 Å². The zero-order valence-electron chi connectivity index (χ0n) is 15.0. The topological polar surface area (TPSA) is 71.9 Å². The molecule has 2 rings (SSSR count). The summed E-state index contributed by atoms with van der Waals surface area (Å²) in [6, 6.07) is 2.55. The van der Waals surface area contributed by atoms with Crippen molar-refractivity contribution in [3.63, 3.8) is 0 Å². The maximum atomic E-state index is 12.1. The lowest BCUT2D eigenvalue weighted by Gasteiger charge is -2.38. The highest BCUT2D eigenvalue weighted by Crippen LogP contribution is 2.28. The maximum Gasteiger partial charge on any atom is 0.573 e. The SMILES string of the molecule is CC(C)(C)OC(=O)N1CCC(O)(Cc2ccc(OC(F)(F)F)cn2)CC1. The van der Waals surface area contributed by atoms with Crippen LogP contribution >= 0.6 is 0 Å². The zero-order valence-corrected chi connectivity index (χ0v) is 15.0. The summed E-state index contributed by atoms with van der Waals surface area (Å²) in [5.41, 5.74) is -1.21. The van der Waals surface area contributed by atoms with Gasteiger partial charge in [0.15, 0.2) is 0 Å². The van der Waals surface area contributed by atoms with Gasteiger partial charge in [0.1, 0.15) is 11.4 Å². The highest BCUT2D eigenvalue weighted by atomic mass is 19.4. The van der Waals surface area contributed by atoms with Crippen LogP contribution in [0.25, 0.3) is 0 Å². The van der Waals surface area contributed by atoms with Crippen LogP contribution in [-0.2, 0) is 11.2 Å². The molecule has 0 saturated carbocycles. The molecule has 1 aromatic rings. The monoisotopic (exact) mass is 376 g/mol. The van der Waals surface area contributed by atoms with Crippen LogP contribution in [0.5, 0.6) is 5.75 Å². The summed E-state index contributed by atoms with van der Waals surface area (Å²) < 4.78 is 45.5. The van der Waals surface area contributed by atoms with Crippen molar-refractivity contribution in [3.8, 4) is 5.75 Å². The summed E-state index contributed by atoms with van der Waals surface area (Å²) >= 11 is 0. The molecule has 1 saturated heterocycles. The molecule has 0 bridgehead atoms. The number of halogens is 3. The van der Waals surface area contributed by atoms with Crippen LogP contribution in [0, 0.1) is 0 Å². The van der Waals surface area contributed by atoms with Crippen molar-refractivity contribution in [2.45, 2.75) is 57.6 Å². The number of alkyl halides is 3. The number of amides is 1. The van der Waals surface area contributed by atoms with Gasteiger partial charge >= 0.3 is 12.5 Å². The third-order valence-corrected chi connectivity index (χ3v) is 3.89. The Morgan fingerprint density at radius 2 is 1.88 bits per heavy atom. The van der Waals surface area contributed by atoms with Crippen LogP contribution in [0.2, 0.25) is 0 Å². The van der Waals surface area contributed by atoms with Crippen molar-refractivity contribution in [1.82, 2.24) is 9.88 Å². The summed E-state index contributed by atoms with van der Waals surface area (Å²) in [5, 5.41) is 10.7. The molecule has 1 aliphatic heterocycles. The van der Waals surface area contributed by atoms with E-state index in [0.29, 0.717) is 31.6 Å². The van der Waals surface area contributed by atoms with Crippen LogP contribution in [0.15, 0.2) is 18.3 Å². The second-order valence-corrected chi connectivity index (χ2v) is 7.40. The second-order valence-electron chi connectivity index (χ2n) is 7.40. The van der Waals surface area contributed by atoms with Gasteiger partial charge in [0.05, 0.1) is 11.8 Å². The highest BCUT2D eigenvalue weighted by molar-refractivity contribution is 5.68. The van der Waals surface area contributed by atoms with E-state index in [1.54, 1.807) is 20.8 Å². The van der Waals surface area contributed by atoms with E-state index in [1.807, 2.05) is 0 Å². The van der Waals surface area contributed by atoms with E-state index in [4.69, 9.17) is 4.74 Å². The molecule has 1 aromatic heterocycles. The van der Waals surface area contributed by atoms with E-state index in [-0.39, 0.29) is 6.42 Å². The predicted molar refractivity (Wildman–Crippen MR) is 86.6 cm³/mol. The average molecular weight is 376 g/mol. The summed E-state index contributed by atoms with van der Waals surface area (Å²) in [6.07, 6.45) is -3.38. The number of piperidine rings is 1. The zero-order chi connectivity index (χ0) is 19.6. The molecule has 1 fully saturated rings. The molecule has 6 nitrogen and oxygen atoms in total. The molecule has 9 heteroatoms. The van der Waals surface area contributed by atoms with Crippen molar-refractivity contribution in [3.05, 3.63) is 24.0 Å². The Morgan fingerprint density at radius 3 is 2.35 bits per heavy atom. The van der Waals surface area contributed by atoms with Gasteiger partial charge in [-0.15, -0.1) is 13.2 Å². The van der Waals surface area contributed by atoms with Crippen LogP contribution in [0.1, 0.15) is 39.3 Å². The standard InChI is InChI=1S/C17H23F3N2O4/c1-15(2,3)26-14(23)22-8-6-16(24,7-9-22)10-12-4-5-13(11-21-12)25-17(18,19)20/h4-5,11,24H,6-10H2,1-3H3. The molecule has 0 unspecified atom stereocenters. The van der Waals surface area contributed by atoms with Gasteiger partial charge in [0, 0.05) is 25.2 Å². The van der Waals surface area contributed by atoms with Crippen LogP contribution < -0.4 is 4.74 Å². The Bertz CT molecular complexity index is 618. The van der Waals surface area contributed by atoms with Gasteiger partial charge < -0.3 is 19.5 Å². The predicted octanol–water partition coefficient (Wildman–Crippen LogP) is 3.28. The van der Waals surface area contributed by atoms with Gasteiger partial charge in [-0.05, 0) is 45.7 Å². The summed E-state index contributed by atoms with van der Waals surface area (Å²) in [4.78, 5) is 17.5. The minimum absolute atomic E-state index is 0.182. The fourth-order valence-electron chi connectivity index (χ4n) is 2.66. The lowest BCUT2D eigenvalue weighted by molar-refractivity contribution is -0.274. The lowest BCUT2D eigenvalue weighted by atomic mass is 9.87. The quantitative estimate of drug-likeness (QED) is 0.877. The van der Waals surface area contributed by atoms with Crippen LogP contribution in [0.4, 0.5) is 18.0 Å². The molecular weight excluding hydrogens is 353 g/mol. The fraction of sp³-hybridized carbons (Fsp3) is 0.647. The molecule has 0 aromatic carbocycles. The van der Waals surface area contributed by atoms with E-state index in [2.05, 4.69) is 9.72 Å². The molecule has 0 aliphatic carbocycles. The molecular formula is C17H23F3N2O4. The van der Waals surface area contributed by atoms with Crippen molar-refractivity contribution in [1.29, 1.82) is 0 Å². The molecule has 1 N–H and O–H groups in total. The third kappa shape index (κ3) is 6.36. The number of pyridine rings is 1. The number of hydrogen-bond acceptors (Lipinski definition) is 5. The van der Waals surface area contributed by atoms with Crippen molar-refractivity contribution in [2.75, 3.05) is 13.1 Å². The number of rotatable bonds is 3. The van der Waals surface area contributed by atoms with Crippen molar-refractivity contribution >= 4 is 6.09 Å². The molecule has 1 amide bonds. The van der Waals surface area contributed by atoms with Gasteiger partial charge in [-0.25, -0.2) is 4.79 Å². The van der Waals surface area contributed by atoms with Crippen molar-refractivity contribution in [2.24, 2.45) is 0 Å². The number of aliphatic hydroxyl groups is 1. The molecule has 0 radical (unpaired) electrons. The lowest BCUT2D eigenvalue weighted by Crippen LogP contribution is -2.49. The average Bonchev–Trinajstić information content (AvgIpc) is 2.46. The molecule has 2 heterocycles. The smallest absolute Gasteiger partial charge is 0.444 e. The number of hydrogen-bond donors (Lipinski definition) is 1. The Morgan fingerprint density at radius 1 is 1.27 bits per heavy atom. The number of ether oxygens (including phenoxy) is 2. The van der Waals surface area contributed by atoms with E-state index in [1.165, 1.54) is 11.0 Å². The molecule has 26 heavy (non-hydrogen) atoms. The van der Waals surface area contributed by atoms with Gasteiger partial charge in [-0.2, -0.15) is 0 Å². The normalized spacial score (nSPS) is 17.7. The first-order valence-electron chi connectivity index (χ1n) is 8.26. The number of carbonyl (C=O) groups is 1. The van der Waals surface area contributed by atoms with Crippen molar-refractivity contribution < 1.29 is 32.5 Å². The van der Waals surface area contributed by atoms with Gasteiger partial charge in [0.25, 0.3) is 0 Å². The minimum atomic E-state index is -4.77. The first-order chi connectivity index (χ1) is 11.9. The van der Waals surface area contributed by atoms with Gasteiger partial charge in [0.2, 0.25) is 0 Å². The van der Waals surface area contributed by atoms with Gasteiger partial charge in [-0.3, -0.25) is 4.98 Å². The summed E-state index contributed by atoms with van der Waals surface area (Å²) in [5.74, 6) is -0.409. The molecule has 0 spiro atoms. The molecule has 0 atom stereocenters. The summed E-state index contributed by atoms with van der Waals surface area (Å²) in [7, 11) is 0. The summed E-state index contributed by atoms with van der Waals surface area (Å²) in [6.45, 7) is 6.01. The Balaban J connectivity index is 1.90. The number of nitrogens with zero attached hydrogens (tertiary/aromatic N) is 2.